The van der Waals surface area contributed by atoms with Crippen molar-refractivity contribution in [1.29, 1.82) is 0 Å². The molecule has 4 amide bonds. The summed E-state index contributed by atoms with van der Waals surface area (Å²) in [7, 11) is 1.06. The Bertz CT molecular complexity index is 2130. The summed E-state index contributed by atoms with van der Waals surface area (Å²) >= 11 is 0. The Labute approximate surface area is 329 Å². The average Bonchev–Trinajstić information content (AvgIpc) is 3.64. The molecule has 2 N–H and O–H groups in total. The minimum Gasteiger partial charge on any atom is -0.369 e. The van der Waals surface area contributed by atoms with Crippen LogP contribution in [0.25, 0.3) is 22.0 Å². The number of piperidine rings is 2. The number of carbonyl (C=O) groups excluding carboxylic acids is 4. The van der Waals surface area contributed by atoms with Crippen LogP contribution < -0.4 is 10.2 Å². The fourth-order valence-electron chi connectivity index (χ4n) is 8.51. The Kier molecular flexibility index (Phi) is 11.7. The summed E-state index contributed by atoms with van der Waals surface area (Å²) in [6.45, 7) is 5.44. The molecule has 0 saturated carbocycles. The number of nitrogens with one attached hydrogen (secondary N) is 2. The molecule has 0 bridgehead atoms. The van der Waals surface area contributed by atoms with Crippen LogP contribution in [0.3, 0.4) is 0 Å². The van der Waals surface area contributed by atoms with Gasteiger partial charge in [0, 0.05) is 76.7 Å². The number of hydrogen-bond donors (Lipinski definition) is 2. The van der Waals surface area contributed by atoms with E-state index in [2.05, 4.69) is 32.2 Å². The van der Waals surface area contributed by atoms with Crippen molar-refractivity contribution in [3.8, 4) is 11.1 Å². The molecular weight excluding hydrogens is 741 g/mol. The standard InChI is InChI=1S/C43H48F4N6O4/c1-27(54)53-18-4-6-31(25-53)35-23-34(36-24-37(48-40(36)39(35)44)42(57)50(2)26-43(45,46)47)30-11-13-32(14-12-30)52-21-19-51(20-22-52)17-3-5-28-7-9-29(10-8-28)33-15-16-38(55)49-41(33)56/h7-14,23-24,31,33,48H,3-6,15-22,25-26H2,1-2H3,(H,49,55,56)/t31-,33?/m1/s1. The van der Waals surface area contributed by atoms with Crippen molar-refractivity contribution in [2.45, 2.75) is 63.5 Å². The number of piperazine rings is 1. The van der Waals surface area contributed by atoms with Gasteiger partial charge in [-0.2, -0.15) is 13.2 Å². The first kappa shape index (κ1) is 40.0. The largest absolute Gasteiger partial charge is 0.406 e. The van der Waals surface area contributed by atoms with Gasteiger partial charge >= 0.3 is 6.18 Å². The fourth-order valence-corrected chi connectivity index (χ4v) is 8.51. The van der Waals surface area contributed by atoms with Gasteiger partial charge in [-0.3, -0.25) is 29.4 Å². The van der Waals surface area contributed by atoms with Crippen LogP contribution >= 0.6 is 0 Å². The number of aromatic nitrogens is 1. The lowest BCUT2D eigenvalue weighted by molar-refractivity contribution is -0.138. The molecular formula is C43H48F4N6O4. The number of fused-ring (bicyclic) bond motifs is 1. The van der Waals surface area contributed by atoms with E-state index in [-0.39, 0.29) is 40.8 Å². The van der Waals surface area contributed by atoms with Crippen molar-refractivity contribution in [2.75, 3.05) is 64.3 Å². The van der Waals surface area contributed by atoms with Crippen molar-refractivity contribution in [1.82, 2.24) is 25.0 Å². The van der Waals surface area contributed by atoms with Crippen LogP contribution in [0, 0.1) is 5.82 Å². The van der Waals surface area contributed by atoms with E-state index >= 15 is 4.39 Å². The second-order valence-electron chi connectivity index (χ2n) is 15.6. The van der Waals surface area contributed by atoms with Gasteiger partial charge in [0.2, 0.25) is 17.7 Å². The first-order valence-electron chi connectivity index (χ1n) is 19.7. The van der Waals surface area contributed by atoms with Gasteiger partial charge < -0.3 is 19.7 Å². The maximum Gasteiger partial charge on any atom is 0.406 e. The molecule has 4 heterocycles. The van der Waals surface area contributed by atoms with Gasteiger partial charge in [0.05, 0.1) is 11.4 Å². The van der Waals surface area contributed by atoms with E-state index in [0.29, 0.717) is 60.2 Å². The van der Waals surface area contributed by atoms with Crippen LogP contribution in [0.4, 0.5) is 23.2 Å². The van der Waals surface area contributed by atoms with Gasteiger partial charge in [-0.25, -0.2) is 4.39 Å². The highest BCUT2D eigenvalue weighted by atomic mass is 19.4. The molecule has 1 aromatic heterocycles. The lowest BCUT2D eigenvalue weighted by Crippen LogP contribution is -2.46. The van der Waals surface area contributed by atoms with Gasteiger partial charge in [-0.1, -0.05) is 36.4 Å². The van der Waals surface area contributed by atoms with Crippen LogP contribution in [0.1, 0.15) is 78.0 Å². The number of aromatic amines is 1. The number of carbonyl (C=O) groups is 4. The zero-order chi connectivity index (χ0) is 40.4. The van der Waals surface area contributed by atoms with Crippen LogP contribution in [0.2, 0.25) is 0 Å². The summed E-state index contributed by atoms with van der Waals surface area (Å²) in [4.78, 5) is 58.9. The minimum absolute atomic E-state index is 0.0515. The summed E-state index contributed by atoms with van der Waals surface area (Å²) in [6.07, 6.45) is -0.397. The Balaban J connectivity index is 1.02. The zero-order valence-corrected chi connectivity index (χ0v) is 32.3. The molecule has 3 fully saturated rings. The number of nitrogens with zero attached hydrogens (tertiary/aromatic N) is 4. The minimum atomic E-state index is -4.59. The van der Waals surface area contributed by atoms with Gasteiger partial charge in [0.1, 0.15) is 12.2 Å². The summed E-state index contributed by atoms with van der Waals surface area (Å²) in [5.41, 5.74) is 4.92. The molecule has 302 valence electrons. The number of halogens is 4. The highest BCUT2D eigenvalue weighted by Gasteiger charge is 2.33. The number of H-pyrrole nitrogens is 1. The molecule has 7 rings (SSSR count). The molecule has 2 atom stereocenters. The van der Waals surface area contributed by atoms with E-state index in [1.165, 1.54) is 18.6 Å². The number of rotatable bonds is 10. The molecule has 3 aromatic carbocycles. The number of hydrogen-bond acceptors (Lipinski definition) is 6. The molecule has 0 spiro atoms. The Hall–Kier alpha value is -5.24. The second kappa shape index (κ2) is 16.7. The van der Waals surface area contributed by atoms with Gasteiger partial charge in [0.15, 0.2) is 5.82 Å². The number of likely N-dealkylation sites (tertiary alicyclic amines) is 1. The van der Waals surface area contributed by atoms with E-state index < -0.39 is 24.4 Å². The molecule has 0 radical (unpaired) electrons. The van der Waals surface area contributed by atoms with Crippen LogP contribution in [-0.4, -0.2) is 109 Å². The lowest BCUT2D eigenvalue weighted by Gasteiger charge is -2.36. The van der Waals surface area contributed by atoms with Crippen molar-refractivity contribution in [3.05, 3.63) is 88.9 Å². The van der Waals surface area contributed by atoms with Crippen LogP contribution in [0.5, 0.6) is 0 Å². The number of imide groups is 1. The van der Waals surface area contributed by atoms with Crippen molar-refractivity contribution in [2.24, 2.45) is 0 Å². The van der Waals surface area contributed by atoms with Crippen molar-refractivity contribution >= 4 is 40.2 Å². The second-order valence-corrected chi connectivity index (χ2v) is 15.6. The third-order valence-corrected chi connectivity index (χ3v) is 11.7. The summed E-state index contributed by atoms with van der Waals surface area (Å²) in [6, 6.07) is 19.3. The number of anilines is 1. The molecule has 57 heavy (non-hydrogen) atoms. The highest BCUT2D eigenvalue weighted by molar-refractivity contribution is 6.04. The number of aryl methyl sites for hydroxylation is 1. The molecule has 0 aliphatic carbocycles. The third kappa shape index (κ3) is 9.16. The van der Waals surface area contributed by atoms with Crippen LogP contribution in [0.15, 0.2) is 60.7 Å². The fraction of sp³-hybridized carbons (Fsp3) is 0.442. The molecule has 4 aromatic rings. The number of benzene rings is 3. The van der Waals surface area contributed by atoms with E-state index in [1.807, 2.05) is 36.4 Å². The zero-order valence-electron chi connectivity index (χ0n) is 32.3. The van der Waals surface area contributed by atoms with Crippen LogP contribution in [-0.2, 0) is 20.8 Å². The molecule has 14 heteroatoms. The lowest BCUT2D eigenvalue weighted by atomic mass is 9.87. The molecule has 1 unspecified atom stereocenters. The highest BCUT2D eigenvalue weighted by Crippen LogP contribution is 2.39. The van der Waals surface area contributed by atoms with Gasteiger partial charge in [-0.15, -0.1) is 0 Å². The normalized spacial score (nSPS) is 19.5. The maximum absolute atomic E-state index is 16.4. The SMILES string of the molecule is CC(=O)N1CCC[C@@H](c2cc(-c3ccc(N4CCN(CCCc5ccc(C6CCC(=O)NC6=O)cc5)CC4)cc3)c3cc(C(=O)N(C)CC(F)(F)F)[nH]c3c2F)C1. The van der Waals surface area contributed by atoms with Gasteiger partial charge in [0.25, 0.3) is 5.91 Å². The van der Waals surface area contributed by atoms with E-state index in [1.54, 1.807) is 11.0 Å². The maximum atomic E-state index is 16.4. The summed E-state index contributed by atoms with van der Waals surface area (Å²) in [5, 5.41) is 2.82. The number of amides is 4. The predicted octanol–water partition coefficient (Wildman–Crippen LogP) is 6.61. The van der Waals surface area contributed by atoms with E-state index in [4.69, 9.17) is 0 Å². The predicted molar refractivity (Wildman–Crippen MR) is 209 cm³/mol. The van der Waals surface area contributed by atoms with Crippen molar-refractivity contribution in [3.63, 3.8) is 0 Å². The molecule has 3 aliphatic heterocycles. The average molecular weight is 789 g/mol. The van der Waals surface area contributed by atoms with E-state index in [9.17, 15) is 32.3 Å². The quantitative estimate of drug-likeness (QED) is 0.138. The molecule has 3 saturated heterocycles. The van der Waals surface area contributed by atoms with Crippen molar-refractivity contribution < 1.29 is 36.7 Å². The Morgan fingerprint density at radius 3 is 2.32 bits per heavy atom. The molecule has 10 nitrogen and oxygen atoms in total. The third-order valence-electron chi connectivity index (χ3n) is 11.7. The van der Waals surface area contributed by atoms with Gasteiger partial charge in [-0.05, 0) is 90.7 Å². The number of alkyl halides is 3. The first-order chi connectivity index (χ1) is 27.2. The topological polar surface area (TPSA) is 109 Å². The Morgan fingerprint density at radius 2 is 1.65 bits per heavy atom. The summed E-state index contributed by atoms with van der Waals surface area (Å²) in [5.74, 6) is -2.56. The Morgan fingerprint density at radius 1 is 0.930 bits per heavy atom. The summed E-state index contributed by atoms with van der Waals surface area (Å²) < 4.78 is 55.8. The monoisotopic (exact) mass is 788 g/mol. The molecule has 3 aliphatic rings. The first-order valence-corrected chi connectivity index (χ1v) is 19.7. The van der Waals surface area contributed by atoms with E-state index in [0.717, 1.165) is 69.4 Å². The smallest absolute Gasteiger partial charge is 0.369 e.